The van der Waals surface area contributed by atoms with Crippen molar-refractivity contribution in [1.29, 1.82) is 0 Å². The second kappa shape index (κ2) is 10.9. The molecule has 1 saturated heterocycles. The number of rotatable bonds is 12. The normalized spacial score (nSPS) is 29.4. The maximum absolute atomic E-state index is 11.2. The zero-order chi connectivity index (χ0) is 18.1. The van der Waals surface area contributed by atoms with Crippen LogP contribution in [-0.2, 0) is 24.2 Å². The van der Waals surface area contributed by atoms with Crippen LogP contribution in [0.15, 0.2) is 12.2 Å². The van der Waals surface area contributed by atoms with E-state index in [4.69, 9.17) is 15.0 Å². The highest BCUT2D eigenvalue weighted by Crippen LogP contribution is 2.45. The van der Waals surface area contributed by atoms with E-state index < -0.39 is 0 Å². The third-order valence-electron chi connectivity index (χ3n) is 5.34. The van der Waals surface area contributed by atoms with Crippen LogP contribution in [0.5, 0.6) is 0 Å². The molecule has 1 heterocycles. The standard InChI is InChI=1S/C19H32O6/c1-3-4-5-8-14(23-21)11-12-16-15(17-13-18(16)25-24-17)9-6-7-10-19(20)22-2/h11-12,14-18,21H,3-10,13H2,1-2H3/b12-11+/t14-,15-,16+,17+,18-/m1/s1. The van der Waals surface area contributed by atoms with E-state index in [1.54, 1.807) is 0 Å². The summed E-state index contributed by atoms with van der Waals surface area (Å²) in [4.78, 5) is 26.6. The molecule has 0 aromatic rings. The molecule has 1 N–H and O–H groups in total. The molecular weight excluding hydrogens is 324 g/mol. The maximum atomic E-state index is 11.2. The van der Waals surface area contributed by atoms with Gasteiger partial charge in [-0.25, -0.2) is 14.7 Å². The summed E-state index contributed by atoms with van der Waals surface area (Å²) in [7, 11) is 1.42. The number of esters is 1. The molecule has 1 saturated carbocycles. The summed E-state index contributed by atoms with van der Waals surface area (Å²) >= 11 is 0. The Labute approximate surface area is 150 Å². The second-order valence-corrected chi connectivity index (χ2v) is 7.09. The molecule has 2 rings (SSSR count). The number of methoxy groups -OCH3 is 1. The van der Waals surface area contributed by atoms with Gasteiger partial charge in [0.2, 0.25) is 0 Å². The first kappa shape index (κ1) is 20.4. The number of carbonyl (C=O) groups excluding carboxylic acids is 1. The third kappa shape index (κ3) is 6.06. The lowest BCUT2D eigenvalue weighted by Gasteiger charge is -2.28. The van der Waals surface area contributed by atoms with Gasteiger partial charge in [-0.05, 0) is 25.2 Å². The van der Waals surface area contributed by atoms with E-state index >= 15 is 0 Å². The Kier molecular flexibility index (Phi) is 8.89. The van der Waals surface area contributed by atoms with Gasteiger partial charge in [0.25, 0.3) is 0 Å². The number of hydrogen-bond donors (Lipinski definition) is 1. The van der Waals surface area contributed by atoms with E-state index in [0.717, 1.165) is 51.4 Å². The summed E-state index contributed by atoms with van der Waals surface area (Å²) in [5, 5.41) is 9.09. The summed E-state index contributed by atoms with van der Waals surface area (Å²) in [6.45, 7) is 2.15. The summed E-state index contributed by atoms with van der Waals surface area (Å²) < 4.78 is 4.68. The van der Waals surface area contributed by atoms with Gasteiger partial charge in [0.15, 0.2) is 0 Å². The minimum atomic E-state index is -0.258. The summed E-state index contributed by atoms with van der Waals surface area (Å²) in [5.41, 5.74) is 0. The molecule has 6 heteroatoms. The van der Waals surface area contributed by atoms with E-state index in [0.29, 0.717) is 12.3 Å². The Bertz CT molecular complexity index is 424. The van der Waals surface area contributed by atoms with Gasteiger partial charge < -0.3 is 4.74 Å². The molecule has 6 nitrogen and oxygen atoms in total. The molecule has 144 valence electrons. The van der Waals surface area contributed by atoms with Gasteiger partial charge in [-0.3, -0.25) is 10.1 Å². The molecule has 1 aliphatic carbocycles. The van der Waals surface area contributed by atoms with Crippen LogP contribution in [0.2, 0.25) is 0 Å². The van der Waals surface area contributed by atoms with Gasteiger partial charge in [0, 0.05) is 18.8 Å². The monoisotopic (exact) mass is 356 g/mol. The molecule has 25 heavy (non-hydrogen) atoms. The van der Waals surface area contributed by atoms with Crippen molar-refractivity contribution in [2.24, 2.45) is 11.8 Å². The highest BCUT2D eigenvalue weighted by atomic mass is 17.2. The number of hydrogen-bond acceptors (Lipinski definition) is 6. The topological polar surface area (TPSA) is 74.2 Å². The molecule has 5 atom stereocenters. The minimum absolute atomic E-state index is 0.0850. The number of fused-ring (bicyclic) bond motifs is 2. The Hall–Kier alpha value is -0.950. The van der Waals surface area contributed by atoms with E-state index in [1.165, 1.54) is 7.11 Å². The van der Waals surface area contributed by atoms with Gasteiger partial charge in [0.1, 0.15) is 12.2 Å². The van der Waals surface area contributed by atoms with Crippen LogP contribution in [0.25, 0.3) is 0 Å². The fourth-order valence-electron chi connectivity index (χ4n) is 3.87. The van der Waals surface area contributed by atoms with Crippen molar-refractivity contribution in [2.75, 3.05) is 7.11 Å². The molecule has 0 aromatic carbocycles. The summed E-state index contributed by atoms with van der Waals surface area (Å²) in [6, 6.07) is 0. The molecule has 0 spiro atoms. The number of ether oxygens (including phenoxy) is 1. The van der Waals surface area contributed by atoms with Crippen LogP contribution >= 0.6 is 0 Å². The van der Waals surface area contributed by atoms with E-state index in [9.17, 15) is 4.79 Å². The highest BCUT2D eigenvalue weighted by molar-refractivity contribution is 5.68. The molecule has 0 radical (unpaired) electrons. The van der Waals surface area contributed by atoms with Crippen LogP contribution in [0.3, 0.4) is 0 Å². The lowest BCUT2D eigenvalue weighted by Crippen LogP contribution is -2.29. The lowest BCUT2D eigenvalue weighted by atomic mass is 9.87. The molecule has 2 bridgehead atoms. The minimum Gasteiger partial charge on any atom is -0.469 e. The molecule has 2 aliphatic rings. The molecule has 0 amide bonds. The summed E-state index contributed by atoms with van der Waals surface area (Å²) in [6.07, 6.45) is 12.4. The summed E-state index contributed by atoms with van der Waals surface area (Å²) in [5.74, 6) is 0.516. The molecule has 0 aromatic heterocycles. The lowest BCUT2D eigenvalue weighted by molar-refractivity contribution is -0.337. The largest absolute Gasteiger partial charge is 0.469 e. The van der Waals surface area contributed by atoms with Crippen molar-refractivity contribution in [3.63, 3.8) is 0 Å². The Morgan fingerprint density at radius 1 is 1.24 bits per heavy atom. The maximum Gasteiger partial charge on any atom is 0.305 e. The molecule has 0 unspecified atom stereocenters. The van der Waals surface area contributed by atoms with Gasteiger partial charge >= 0.3 is 5.97 Å². The third-order valence-corrected chi connectivity index (χ3v) is 5.34. The molecular formula is C19H32O6. The van der Waals surface area contributed by atoms with Crippen LogP contribution < -0.4 is 0 Å². The van der Waals surface area contributed by atoms with Crippen molar-refractivity contribution in [3.8, 4) is 0 Å². The van der Waals surface area contributed by atoms with Crippen LogP contribution in [0.1, 0.15) is 64.7 Å². The van der Waals surface area contributed by atoms with Gasteiger partial charge in [0.05, 0.1) is 13.2 Å². The zero-order valence-corrected chi connectivity index (χ0v) is 15.4. The van der Waals surface area contributed by atoms with E-state index in [2.05, 4.69) is 22.6 Å². The average molecular weight is 356 g/mol. The first-order valence-corrected chi connectivity index (χ1v) is 9.57. The predicted molar refractivity (Wildman–Crippen MR) is 92.6 cm³/mol. The van der Waals surface area contributed by atoms with Crippen molar-refractivity contribution in [2.45, 2.75) is 83.0 Å². The van der Waals surface area contributed by atoms with Crippen LogP contribution in [-0.4, -0.2) is 36.6 Å². The van der Waals surface area contributed by atoms with Crippen molar-refractivity contribution in [1.82, 2.24) is 0 Å². The van der Waals surface area contributed by atoms with Gasteiger partial charge in [-0.2, -0.15) is 0 Å². The Morgan fingerprint density at radius 3 is 2.76 bits per heavy atom. The Balaban J connectivity index is 1.82. The van der Waals surface area contributed by atoms with E-state index in [-0.39, 0.29) is 30.2 Å². The van der Waals surface area contributed by atoms with E-state index in [1.807, 2.05) is 6.08 Å². The van der Waals surface area contributed by atoms with Crippen molar-refractivity contribution < 1.29 is 29.5 Å². The predicted octanol–water partition coefficient (Wildman–Crippen LogP) is 4.05. The van der Waals surface area contributed by atoms with Gasteiger partial charge in [-0.15, -0.1) is 0 Å². The van der Waals surface area contributed by atoms with Crippen molar-refractivity contribution >= 4 is 5.97 Å². The van der Waals surface area contributed by atoms with Crippen molar-refractivity contribution in [3.05, 3.63) is 12.2 Å². The van der Waals surface area contributed by atoms with Gasteiger partial charge in [-0.1, -0.05) is 44.8 Å². The zero-order valence-electron chi connectivity index (χ0n) is 15.4. The fraction of sp³-hybridized carbons (Fsp3) is 0.842. The second-order valence-electron chi connectivity index (χ2n) is 7.09. The first-order valence-electron chi connectivity index (χ1n) is 9.57. The first-order chi connectivity index (χ1) is 12.2. The van der Waals surface area contributed by atoms with Crippen LogP contribution in [0.4, 0.5) is 0 Å². The SMILES string of the molecule is CCCCC[C@H](/C=C/[C@H]1[C@@H](CCCCC(=O)OC)[C@@H]2C[C@H]1OO2)OO. The number of unbranched alkanes of at least 4 members (excludes halogenated alkanes) is 3. The van der Waals surface area contributed by atoms with Crippen LogP contribution in [0, 0.1) is 11.8 Å². The fourth-order valence-corrected chi connectivity index (χ4v) is 3.87. The highest BCUT2D eigenvalue weighted by Gasteiger charge is 2.49. The molecule has 2 fully saturated rings. The number of carbonyl (C=O) groups is 1. The Morgan fingerprint density at radius 2 is 2.04 bits per heavy atom. The smallest absolute Gasteiger partial charge is 0.305 e. The molecule has 1 aliphatic heterocycles. The average Bonchev–Trinajstić information content (AvgIpc) is 3.23. The quantitative estimate of drug-likeness (QED) is 0.187.